The molecule has 0 saturated carbocycles. The van der Waals surface area contributed by atoms with E-state index in [0.717, 1.165) is 0 Å². The standard InChI is InChI=1S/Ba.Cu.W.Y. The molecular formula is BaCuWY. The summed E-state index contributed by atoms with van der Waals surface area (Å²) in [6, 6.07) is 0. The van der Waals surface area contributed by atoms with E-state index in [1.807, 2.05) is 0 Å². The fraction of sp³-hybridized carbons (Fsp3) is 0. The van der Waals surface area contributed by atoms with Crippen LogP contribution in [0, 0.1) is 0 Å². The van der Waals surface area contributed by atoms with Gasteiger partial charge in [0.2, 0.25) is 0 Å². The van der Waals surface area contributed by atoms with Gasteiger partial charge >= 0.3 is 0 Å². The van der Waals surface area contributed by atoms with E-state index in [-0.39, 0.29) is 120 Å². The van der Waals surface area contributed by atoms with Crippen LogP contribution in [0.4, 0.5) is 0 Å². The summed E-state index contributed by atoms with van der Waals surface area (Å²) in [6.45, 7) is 0. The molecule has 0 N–H and O–H groups in total. The Hall–Kier alpha value is 3.88. The van der Waals surface area contributed by atoms with Gasteiger partial charge in [-0.3, -0.25) is 0 Å². The molecule has 4 heteroatoms. The third-order valence-electron chi connectivity index (χ3n) is 0. The van der Waals surface area contributed by atoms with E-state index in [2.05, 4.69) is 0 Å². The van der Waals surface area contributed by atoms with E-state index in [0.29, 0.717) is 0 Å². The molecule has 22 valence electrons. The molecule has 0 aromatic rings. The number of hydrogen-bond donors (Lipinski definition) is 0. The summed E-state index contributed by atoms with van der Waals surface area (Å²) in [7, 11) is 0. The van der Waals surface area contributed by atoms with Gasteiger partial charge in [-0.05, 0) is 0 Å². The molecule has 0 saturated heterocycles. The summed E-state index contributed by atoms with van der Waals surface area (Å²) in [4.78, 5) is 0. The second kappa shape index (κ2) is 15.8. The first-order valence-electron chi connectivity index (χ1n) is 0. The monoisotopic (exact) mass is 474 g/mol. The maximum atomic E-state index is 0. The Morgan fingerprint density at radius 2 is 1.00 bits per heavy atom. The second-order valence-corrected chi connectivity index (χ2v) is 0. The zero-order valence-corrected chi connectivity index (χ0v) is 13.1. The van der Waals surface area contributed by atoms with Crippen LogP contribution in [0.5, 0.6) is 0 Å². The van der Waals surface area contributed by atoms with Crippen LogP contribution in [0.1, 0.15) is 0 Å². The molecule has 0 bridgehead atoms. The molecule has 0 aliphatic carbocycles. The van der Waals surface area contributed by atoms with Crippen molar-refractivity contribution in [3.05, 3.63) is 0 Å². The second-order valence-electron chi connectivity index (χ2n) is 0. The average molecular weight is 474 g/mol. The first kappa shape index (κ1) is 24.8. The summed E-state index contributed by atoms with van der Waals surface area (Å²) >= 11 is 0. The molecular weight excluding hydrogens is 474 g/mol. The van der Waals surface area contributed by atoms with Gasteiger partial charge in [-0.2, -0.15) is 0 Å². The molecule has 0 aliphatic heterocycles. The predicted octanol–water partition coefficient (Wildman–Crippen LogP) is -0.388. The van der Waals surface area contributed by atoms with Crippen molar-refractivity contribution in [2.75, 3.05) is 0 Å². The van der Waals surface area contributed by atoms with Gasteiger partial charge < -0.3 is 0 Å². The Balaban J connectivity index is 0. The normalized spacial score (nSPS) is 0. The molecule has 4 heavy (non-hydrogen) atoms. The van der Waals surface area contributed by atoms with Crippen LogP contribution in [0.2, 0.25) is 0 Å². The molecule has 0 rings (SSSR count). The van der Waals surface area contributed by atoms with Gasteiger partial charge in [-0.25, -0.2) is 0 Å². The molecule has 0 amide bonds. The Morgan fingerprint density at radius 3 is 1.00 bits per heavy atom. The molecule has 4 radical (unpaired) electrons. The number of rotatable bonds is 0. The Morgan fingerprint density at radius 1 is 1.00 bits per heavy atom. The van der Waals surface area contributed by atoms with E-state index >= 15 is 0 Å². The third kappa shape index (κ3) is 9.30. The smallest absolute Gasteiger partial charge is 0 e. The Labute approximate surface area is 116 Å². The van der Waals surface area contributed by atoms with Gasteiger partial charge in [0, 0.05) is 120 Å². The summed E-state index contributed by atoms with van der Waals surface area (Å²) in [5.41, 5.74) is 0. The number of hydrogen-bond acceptors (Lipinski definition) is 0. The van der Waals surface area contributed by atoms with Crippen molar-refractivity contribution in [2.24, 2.45) is 0 Å². The average Bonchev–Trinajstić information content (AvgIpc) is 0. The maximum Gasteiger partial charge on any atom is 0 e. The van der Waals surface area contributed by atoms with Crippen molar-refractivity contribution in [1.82, 2.24) is 0 Å². The van der Waals surface area contributed by atoms with Crippen molar-refractivity contribution in [3.8, 4) is 0 Å². The summed E-state index contributed by atoms with van der Waals surface area (Å²) in [5, 5.41) is 0. The fourth-order valence-electron chi connectivity index (χ4n) is 0. The summed E-state index contributed by atoms with van der Waals surface area (Å²) < 4.78 is 0. The predicted molar refractivity (Wildman–Crippen MR) is 5.75 cm³/mol. The van der Waals surface area contributed by atoms with Crippen molar-refractivity contribution >= 4 is 48.9 Å². The van der Waals surface area contributed by atoms with Crippen LogP contribution in [0.25, 0.3) is 0 Å². The van der Waals surface area contributed by atoms with Gasteiger partial charge in [0.1, 0.15) is 0 Å². The molecule has 0 fully saturated rings. The first-order valence-corrected chi connectivity index (χ1v) is 0. The minimum atomic E-state index is 0. The molecule has 0 unspecified atom stereocenters. The largest absolute Gasteiger partial charge is 0 e. The van der Waals surface area contributed by atoms with Crippen LogP contribution >= 0.6 is 0 Å². The van der Waals surface area contributed by atoms with Crippen molar-refractivity contribution < 1.29 is 70.8 Å². The molecule has 0 aromatic heterocycles. The van der Waals surface area contributed by atoms with E-state index in [4.69, 9.17) is 0 Å². The molecule has 0 heterocycles. The van der Waals surface area contributed by atoms with Crippen LogP contribution in [0.3, 0.4) is 0 Å². The van der Waals surface area contributed by atoms with E-state index in [9.17, 15) is 0 Å². The topological polar surface area (TPSA) is 0 Å². The van der Waals surface area contributed by atoms with Crippen LogP contribution in [-0.4, -0.2) is 48.9 Å². The van der Waals surface area contributed by atoms with Crippen molar-refractivity contribution in [2.45, 2.75) is 0 Å². The SMILES string of the molecule is [Ba].[Cu].[W].[Y]. The van der Waals surface area contributed by atoms with Crippen LogP contribution < -0.4 is 0 Å². The van der Waals surface area contributed by atoms with Crippen LogP contribution in [0.15, 0.2) is 0 Å². The Kier molecular flexibility index (Phi) is 97.8. The molecule has 0 nitrogen and oxygen atoms in total. The van der Waals surface area contributed by atoms with Crippen LogP contribution in [-0.2, 0) is 70.8 Å². The maximum absolute atomic E-state index is 0. The van der Waals surface area contributed by atoms with Gasteiger partial charge in [-0.1, -0.05) is 0 Å². The first-order chi connectivity index (χ1) is 0. The Bertz CT molecular complexity index is 8.00. The summed E-state index contributed by atoms with van der Waals surface area (Å²) in [5.74, 6) is 0. The quantitative estimate of drug-likeness (QED) is 0.421. The molecule has 0 aliphatic rings. The van der Waals surface area contributed by atoms with Crippen molar-refractivity contribution in [1.29, 1.82) is 0 Å². The van der Waals surface area contributed by atoms with E-state index < -0.39 is 0 Å². The fourth-order valence-corrected chi connectivity index (χ4v) is 0. The molecule has 0 aromatic carbocycles. The molecule has 0 atom stereocenters. The minimum Gasteiger partial charge on any atom is 0 e. The van der Waals surface area contributed by atoms with Gasteiger partial charge in [0.05, 0.1) is 0 Å². The minimum absolute atomic E-state index is 0. The van der Waals surface area contributed by atoms with Gasteiger partial charge in [0.15, 0.2) is 0 Å². The van der Waals surface area contributed by atoms with E-state index in [1.54, 1.807) is 0 Å². The zero-order valence-electron chi connectivity index (χ0n) is 1.99. The van der Waals surface area contributed by atoms with Gasteiger partial charge in [0.25, 0.3) is 0 Å². The zero-order chi connectivity index (χ0) is 0. The molecule has 0 spiro atoms. The third-order valence-corrected chi connectivity index (χ3v) is 0. The van der Waals surface area contributed by atoms with E-state index in [1.165, 1.54) is 0 Å². The summed E-state index contributed by atoms with van der Waals surface area (Å²) in [6.07, 6.45) is 0. The van der Waals surface area contributed by atoms with Crippen molar-refractivity contribution in [3.63, 3.8) is 0 Å². The van der Waals surface area contributed by atoms with Gasteiger partial charge in [-0.15, -0.1) is 0 Å².